The number of aromatic hydroxyl groups is 1. The van der Waals surface area contributed by atoms with Crippen molar-refractivity contribution in [3.63, 3.8) is 0 Å². The number of carbonyl (C=O) groups excluding carboxylic acids is 2. The van der Waals surface area contributed by atoms with Crippen LogP contribution in [-0.2, 0) is 9.53 Å². The minimum Gasteiger partial charge on any atom is -0.508 e. The summed E-state index contributed by atoms with van der Waals surface area (Å²) in [6, 6.07) is 21.3. The van der Waals surface area contributed by atoms with E-state index in [0.717, 1.165) is 22.4 Å². The molecule has 0 aromatic heterocycles. The number of hydrogen-bond donors (Lipinski definition) is 2. The number of ether oxygens (including phenoxy) is 1. The van der Waals surface area contributed by atoms with Crippen molar-refractivity contribution in [1.82, 2.24) is 0 Å². The molecule has 5 nitrogen and oxygen atoms in total. The van der Waals surface area contributed by atoms with E-state index in [1.54, 1.807) is 55.5 Å². The zero-order valence-corrected chi connectivity index (χ0v) is 17.3. The van der Waals surface area contributed by atoms with Gasteiger partial charge in [-0.2, -0.15) is 0 Å². The second-order valence-electron chi connectivity index (χ2n) is 7.40. The monoisotopic (exact) mass is 403 g/mol. The molecular weight excluding hydrogens is 378 g/mol. The number of amides is 1. The van der Waals surface area contributed by atoms with Crippen LogP contribution in [0.1, 0.15) is 42.6 Å². The summed E-state index contributed by atoms with van der Waals surface area (Å²) < 4.78 is 5.35. The lowest BCUT2D eigenvalue weighted by molar-refractivity contribution is -0.123. The number of esters is 1. The molecule has 0 fully saturated rings. The molecule has 30 heavy (non-hydrogen) atoms. The van der Waals surface area contributed by atoms with Crippen LogP contribution in [0.15, 0.2) is 72.8 Å². The normalized spacial score (nSPS) is 11.7. The number of rotatable bonds is 6. The van der Waals surface area contributed by atoms with Gasteiger partial charge >= 0.3 is 5.97 Å². The third kappa shape index (κ3) is 5.06. The number of phenols is 1. The van der Waals surface area contributed by atoms with E-state index in [-0.39, 0.29) is 17.6 Å². The predicted octanol–water partition coefficient (Wildman–Crippen LogP) is 5.37. The summed E-state index contributed by atoms with van der Waals surface area (Å²) in [5.74, 6) is -0.488. The van der Waals surface area contributed by atoms with Gasteiger partial charge in [-0.25, -0.2) is 4.79 Å². The fraction of sp³-hybridized carbons (Fsp3) is 0.200. The summed E-state index contributed by atoms with van der Waals surface area (Å²) >= 11 is 0. The van der Waals surface area contributed by atoms with Crippen molar-refractivity contribution in [3.8, 4) is 16.9 Å². The topological polar surface area (TPSA) is 75.6 Å². The molecule has 0 saturated heterocycles. The van der Waals surface area contributed by atoms with Crippen molar-refractivity contribution in [2.45, 2.75) is 32.8 Å². The maximum absolute atomic E-state index is 12.5. The molecule has 0 unspecified atom stereocenters. The molecule has 5 heteroatoms. The minimum absolute atomic E-state index is 0.197. The summed E-state index contributed by atoms with van der Waals surface area (Å²) in [6.45, 7) is 5.66. The van der Waals surface area contributed by atoms with Crippen LogP contribution in [0.2, 0.25) is 0 Å². The SMILES string of the molecule is CC(C)c1ccccc1NC(=O)[C@H](C)OC(=O)c1ccc(-c2ccc(O)cc2)cc1. The maximum Gasteiger partial charge on any atom is 0.338 e. The van der Waals surface area contributed by atoms with Crippen LogP contribution in [0, 0.1) is 0 Å². The average molecular weight is 403 g/mol. The van der Waals surface area contributed by atoms with Crippen LogP contribution in [-0.4, -0.2) is 23.1 Å². The van der Waals surface area contributed by atoms with Gasteiger partial charge in [0.2, 0.25) is 0 Å². The highest BCUT2D eigenvalue weighted by atomic mass is 16.5. The maximum atomic E-state index is 12.5. The first-order chi connectivity index (χ1) is 14.3. The number of anilines is 1. The first-order valence-corrected chi connectivity index (χ1v) is 9.85. The second kappa shape index (κ2) is 9.27. The van der Waals surface area contributed by atoms with Crippen LogP contribution >= 0.6 is 0 Å². The van der Waals surface area contributed by atoms with Gasteiger partial charge in [-0.05, 0) is 59.9 Å². The highest BCUT2D eigenvalue weighted by Crippen LogP contribution is 2.24. The van der Waals surface area contributed by atoms with Gasteiger partial charge in [0.1, 0.15) is 5.75 Å². The van der Waals surface area contributed by atoms with Gasteiger partial charge in [-0.1, -0.05) is 56.3 Å². The number of benzene rings is 3. The van der Waals surface area contributed by atoms with Crippen LogP contribution in [0.4, 0.5) is 5.69 Å². The summed E-state index contributed by atoms with van der Waals surface area (Å²) in [6.07, 6.45) is -0.936. The first kappa shape index (κ1) is 21.1. The standard InChI is InChI=1S/C25H25NO4/c1-16(2)22-6-4-5-7-23(22)26-24(28)17(3)30-25(29)20-10-8-18(9-11-20)19-12-14-21(27)15-13-19/h4-17,27H,1-3H3,(H,26,28)/t17-/m0/s1. The first-order valence-electron chi connectivity index (χ1n) is 9.85. The largest absolute Gasteiger partial charge is 0.508 e. The Bertz CT molecular complexity index is 1020. The van der Waals surface area contributed by atoms with Gasteiger partial charge in [0.25, 0.3) is 5.91 Å². The molecule has 2 N–H and O–H groups in total. The highest BCUT2D eigenvalue weighted by Gasteiger charge is 2.20. The highest BCUT2D eigenvalue weighted by molar-refractivity contribution is 5.98. The summed E-state index contributed by atoms with van der Waals surface area (Å²) in [4.78, 5) is 25.0. The fourth-order valence-corrected chi connectivity index (χ4v) is 3.08. The molecule has 0 aliphatic heterocycles. The van der Waals surface area contributed by atoms with Crippen LogP contribution < -0.4 is 5.32 Å². The van der Waals surface area contributed by atoms with Crippen molar-refractivity contribution in [2.24, 2.45) is 0 Å². The smallest absolute Gasteiger partial charge is 0.338 e. The molecule has 0 spiro atoms. The molecule has 3 aromatic rings. The quantitative estimate of drug-likeness (QED) is 0.543. The van der Waals surface area contributed by atoms with E-state index in [4.69, 9.17) is 4.74 Å². The molecule has 154 valence electrons. The van der Waals surface area contributed by atoms with E-state index in [1.165, 1.54) is 0 Å². The van der Waals surface area contributed by atoms with Crippen LogP contribution in [0.3, 0.4) is 0 Å². The Morgan fingerprint density at radius 3 is 2.00 bits per heavy atom. The molecular formula is C25H25NO4. The van der Waals surface area contributed by atoms with Gasteiger partial charge in [0, 0.05) is 5.69 Å². The molecule has 0 radical (unpaired) electrons. The molecule has 0 aliphatic carbocycles. The number of para-hydroxylation sites is 1. The zero-order chi connectivity index (χ0) is 21.7. The molecule has 3 rings (SSSR count). The Kier molecular flexibility index (Phi) is 6.52. The van der Waals surface area contributed by atoms with Gasteiger partial charge in [-0.15, -0.1) is 0 Å². The Morgan fingerprint density at radius 1 is 0.833 bits per heavy atom. The number of nitrogens with one attached hydrogen (secondary N) is 1. The van der Waals surface area contributed by atoms with Crippen LogP contribution in [0.25, 0.3) is 11.1 Å². The summed E-state index contributed by atoms with van der Waals surface area (Å²) in [5.41, 5.74) is 3.93. The zero-order valence-electron chi connectivity index (χ0n) is 17.3. The number of hydrogen-bond acceptors (Lipinski definition) is 4. The Morgan fingerprint density at radius 2 is 1.40 bits per heavy atom. The lowest BCUT2D eigenvalue weighted by Crippen LogP contribution is -2.30. The Labute approximate surface area is 176 Å². The van der Waals surface area contributed by atoms with Crippen molar-refractivity contribution in [2.75, 3.05) is 5.32 Å². The van der Waals surface area contributed by atoms with E-state index >= 15 is 0 Å². The summed E-state index contributed by atoms with van der Waals surface area (Å²) in [5, 5.41) is 12.2. The molecule has 0 aliphatic rings. The number of phenolic OH excluding ortho intramolecular Hbond substituents is 1. The molecule has 0 heterocycles. The fourth-order valence-electron chi connectivity index (χ4n) is 3.08. The molecule has 1 amide bonds. The van der Waals surface area contributed by atoms with Crippen molar-refractivity contribution < 1.29 is 19.4 Å². The van der Waals surface area contributed by atoms with E-state index in [9.17, 15) is 14.7 Å². The lowest BCUT2D eigenvalue weighted by Gasteiger charge is -2.17. The van der Waals surface area contributed by atoms with Crippen LogP contribution in [0.5, 0.6) is 5.75 Å². The Hall–Kier alpha value is -3.60. The van der Waals surface area contributed by atoms with E-state index < -0.39 is 12.1 Å². The van der Waals surface area contributed by atoms with E-state index in [2.05, 4.69) is 19.2 Å². The van der Waals surface area contributed by atoms with Crippen molar-refractivity contribution >= 4 is 17.6 Å². The molecule has 0 bridgehead atoms. The van der Waals surface area contributed by atoms with Gasteiger partial charge in [0.15, 0.2) is 6.10 Å². The van der Waals surface area contributed by atoms with E-state index in [0.29, 0.717) is 5.56 Å². The van der Waals surface area contributed by atoms with Crippen molar-refractivity contribution in [1.29, 1.82) is 0 Å². The number of carbonyl (C=O) groups is 2. The average Bonchev–Trinajstić information content (AvgIpc) is 2.74. The Balaban J connectivity index is 1.64. The summed E-state index contributed by atoms with van der Waals surface area (Å²) in [7, 11) is 0. The molecule has 3 aromatic carbocycles. The second-order valence-corrected chi connectivity index (χ2v) is 7.40. The minimum atomic E-state index is -0.936. The predicted molar refractivity (Wildman–Crippen MR) is 118 cm³/mol. The van der Waals surface area contributed by atoms with Gasteiger partial charge in [-0.3, -0.25) is 4.79 Å². The van der Waals surface area contributed by atoms with Crippen molar-refractivity contribution in [3.05, 3.63) is 83.9 Å². The molecule has 0 saturated carbocycles. The third-order valence-electron chi connectivity index (χ3n) is 4.81. The third-order valence-corrected chi connectivity index (χ3v) is 4.81. The lowest BCUT2D eigenvalue weighted by atomic mass is 10.0. The van der Waals surface area contributed by atoms with E-state index in [1.807, 2.05) is 24.3 Å². The van der Waals surface area contributed by atoms with Gasteiger partial charge < -0.3 is 15.2 Å². The molecule has 1 atom stereocenters. The van der Waals surface area contributed by atoms with Gasteiger partial charge in [0.05, 0.1) is 5.56 Å².